The van der Waals surface area contributed by atoms with Crippen LogP contribution in [0.15, 0.2) is 54.7 Å². The summed E-state index contributed by atoms with van der Waals surface area (Å²) in [7, 11) is 3.47. The van der Waals surface area contributed by atoms with Crippen LogP contribution in [-0.2, 0) is 11.8 Å². The Labute approximate surface area is 182 Å². The lowest BCUT2D eigenvalue weighted by Crippen LogP contribution is -2.47. The molecule has 6 heteroatoms. The van der Waals surface area contributed by atoms with E-state index in [1.165, 1.54) is 16.7 Å². The van der Waals surface area contributed by atoms with Crippen LogP contribution >= 0.6 is 0 Å². The van der Waals surface area contributed by atoms with Crippen molar-refractivity contribution >= 4 is 11.9 Å². The first-order valence-corrected chi connectivity index (χ1v) is 10.7. The molecule has 1 saturated heterocycles. The Balaban J connectivity index is 1.41. The molecule has 0 bridgehead atoms. The number of carbonyl (C=O) groups excluding carboxylic acids is 1. The molecule has 2 heterocycles. The Hall–Kier alpha value is -3.41. The Bertz CT molecular complexity index is 1120. The molecular weight excluding hydrogens is 388 g/mol. The van der Waals surface area contributed by atoms with E-state index in [1.807, 2.05) is 42.4 Å². The molecule has 2 aliphatic rings. The monoisotopic (exact) mass is 414 g/mol. The number of methoxy groups -OCH3 is 1. The van der Waals surface area contributed by atoms with Crippen molar-refractivity contribution in [3.8, 4) is 17.0 Å². The van der Waals surface area contributed by atoms with Gasteiger partial charge in [0.1, 0.15) is 5.75 Å². The van der Waals surface area contributed by atoms with Crippen LogP contribution in [0, 0.1) is 0 Å². The maximum Gasteiger partial charge on any atom is 0.253 e. The molecule has 0 atom stereocenters. The predicted molar refractivity (Wildman–Crippen MR) is 121 cm³/mol. The van der Waals surface area contributed by atoms with Crippen molar-refractivity contribution in [3.63, 3.8) is 0 Å². The normalized spacial score (nSPS) is 16.4. The van der Waals surface area contributed by atoms with Gasteiger partial charge in [-0.25, -0.2) is 9.97 Å². The van der Waals surface area contributed by atoms with Crippen LogP contribution in [0.1, 0.15) is 34.3 Å². The van der Waals surface area contributed by atoms with Crippen molar-refractivity contribution in [2.45, 2.75) is 24.7 Å². The predicted octanol–water partition coefficient (Wildman–Crippen LogP) is 3.92. The van der Waals surface area contributed by atoms with Gasteiger partial charge >= 0.3 is 0 Å². The van der Waals surface area contributed by atoms with Crippen LogP contribution in [0.2, 0.25) is 0 Å². The van der Waals surface area contributed by atoms with Crippen LogP contribution in [-0.4, -0.2) is 48.0 Å². The van der Waals surface area contributed by atoms with Gasteiger partial charge in [0.05, 0.1) is 12.8 Å². The number of likely N-dealkylation sites (tertiary alicyclic amines) is 1. The Morgan fingerprint density at radius 3 is 2.55 bits per heavy atom. The second-order valence-corrected chi connectivity index (χ2v) is 8.34. The van der Waals surface area contributed by atoms with Gasteiger partial charge in [-0.1, -0.05) is 24.3 Å². The van der Waals surface area contributed by atoms with Crippen molar-refractivity contribution < 1.29 is 9.53 Å². The molecule has 1 aromatic heterocycles. The van der Waals surface area contributed by atoms with E-state index in [4.69, 9.17) is 9.72 Å². The first-order valence-electron chi connectivity index (χ1n) is 10.7. The number of ether oxygens (including phenoxy) is 1. The molecule has 1 fully saturated rings. The lowest BCUT2D eigenvalue weighted by molar-refractivity contribution is 0.0664. The van der Waals surface area contributed by atoms with Crippen LogP contribution in [0.4, 0.5) is 5.95 Å². The fourth-order valence-corrected chi connectivity index (χ4v) is 5.00. The van der Waals surface area contributed by atoms with Crippen molar-refractivity contribution in [2.75, 3.05) is 32.6 Å². The van der Waals surface area contributed by atoms with E-state index >= 15 is 0 Å². The minimum absolute atomic E-state index is 0.0187. The first kappa shape index (κ1) is 19.5. The fourth-order valence-electron chi connectivity index (χ4n) is 5.00. The summed E-state index contributed by atoms with van der Waals surface area (Å²) in [5.74, 6) is 1.49. The van der Waals surface area contributed by atoms with E-state index in [0.717, 1.165) is 43.8 Å². The number of carbonyl (C=O) groups is 1. The van der Waals surface area contributed by atoms with Gasteiger partial charge in [0.15, 0.2) is 0 Å². The number of fused-ring (bicyclic) bond motifs is 4. The highest BCUT2D eigenvalue weighted by atomic mass is 16.5. The summed E-state index contributed by atoms with van der Waals surface area (Å²) in [5.41, 5.74) is 5.48. The molecule has 3 aromatic rings. The SMILES string of the molecule is CNc1ncc2c(n1)-c1ccccc1C1(CCN(C(=O)c3ccc(OC)cc3)CC1)C2. The average Bonchev–Trinajstić information content (AvgIpc) is 2.84. The van der Waals surface area contributed by atoms with Crippen molar-refractivity contribution in [3.05, 3.63) is 71.4 Å². The molecule has 5 rings (SSSR count). The lowest BCUT2D eigenvalue weighted by Gasteiger charge is -2.45. The van der Waals surface area contributed by atoms with Crippen molar-refractivity contribution in [2.24, 2.45) is 0 Å². The number of anilines is 1. The van der Waals surface area contributed by atoms with E-state index in [1.54, 1.807) is 7.11 Å². The minimum atomic E-state index is 0.0187. The number of rotatable bonds is 3. The molecule has 0 radical (unpaired) electrons. The van der Waals surface area contributed by atoms with E-state index in [2.05, 4.69) is 34.6 Å². The Kier molecular flexibility index (Phi) is 4.85. The largest absolute Gasteiger partial charge is 0.497 e. The van der Waals surface area contributed by atoms with Crippen LogP contribution < -0.4 is 10.1 Å². The second-order valence-electron chi connectivity index (χ2n) is 8.34. The number of nitrogens with one attached hydrogen (secondary N) is 1. The molecular formula is C25H26N4O2. The minimum Gasteiger partial charge on any atom is -0.497 e. The van der Waals surface area contributed by atoms with Gasteiger partial charge in [-0.05, 0) is 54.7 Å². The molecule has 1 spiro atoms. The second kappa shape index (κ2) is 7.69. The first-order chi connectivity index (χ1) is 15.1. The van der Waals surface area contributed by atoms with Gasteiger partial charge in [-0.3, -0.25) is 4.79 Å². The van der Waals surface area contributed by atoms with Gasteiger partial charge < -0.3 is 15.0 Å². The highest BCUT2D eigenvalue weighted by molar-refractivity contribution is 5.94. The summed E-state index contributed by atoms with van der Waals surface area (Å²) >= 11 is 0. The third-order valence-corrected chi connectivity index (χ3v) is 6.72. The van der Waals surface area contributed by atoms with Crippen LogP contribution in [0.3, 0.4) is 0 Å². The standard InChI is InChI=1S/C25H26N4O2/c1-26-24-27-16-18-15-25(21-6-4-3-5-20(21)22(18)28-24)11-13-29(14-12-25)23(30)17-7-9-19(31-2)10-8-17/h3-10,16H,11-15H2,1-2H3,(H,26,27,28). The number of hydrogen-bond acceptors (Lipinski definition) is 5. The number of benzene rings is 2. The van der Waals surface area contributed by atoms with Gasteiger partial charge in [-0.2, -0.15) is 0 Å². The molecule has 1 aliphatic heterocycles. The zero-order valence-electron chi connectivity index (χ0n) is 17.9. The summed E-state index contributed by atoms with van der Waals surface area (Å²) in [4.78, 5) is 24.2. The number of nitrogens with zero attached hydrogens (tertiary/aromatic N) is 3. The smallest absolute Gasteiger partial charge is 0.253 e. The summed E-state index contributed by atoms with van der Waals surface area (Å²) < 4.78 is 5.21. The summed E-state index contributed by atoms with van der Waals surface area (Å²) in [6, 6.07) is 15.9. The number of piperidine rings is 1. The zero-order valence-corrected chi connectivity index (χ0v) is 17.9. The zero-order chi connectivity index (χ0) is 21.4. The van der Waals surface area contributed by atoms with Crippen LogP contribution in [0.5, 0.6) is 5.75 Å². The molecule has 6 nitrogen and oxygen atoms in total. The highest BCUT2D eigenvalue weighted by Crippen LogP contribution is 2.48. The van der Waals surface area contributed by atoms with E-state index in [-0.39, 0.29) is 11.3 Å². The van der Waals surface area contributed by atoms with Gasteiger partial charge in [0.25, 0.3) is 5.91 Å². The quantitative estimate of drug-likeness (QED) is 0.704. The number of aromatic nitrogens is 2. The molecule has 1 aliphatic carbocycles. The molecule has 0 saturated carbocycles. The summed E-state index contributed by atoms with van der Waals surface area (Å²) in [6.07, 6.45) is 4.73. The Morgan fingerprint density at radius 1 is 1.10 bits per heavy atom. The topological polar surface area (TPSA) is 67.4 Å². The van der Waals surface area contributed by atoms with Crippen molar-refractivity contribution in [1.29, 1.82) is 0 Å². The third-order valence-electron chi connectivity index (χ3n) is 6.72. The van der Waals surface area contributed by atoms with E-state index in [9.17, 15) is 4.79 Å². The molecule has 1 N–H and O–H groups in total. The lowest BCUT2D eigenvalue weighted by atomic mass is 9.64. The molecule has 31 heavy (non-hydrogen) atoms. The van der Waals surface area contributed by atoms with E-state index < -0.39 is 0 Å². The molecule has 2 aromatic carbocycles. The average molecular weight is 415 g/mol. The van der Waals surface area contributed by atoms with Crippen molar-refractivity contribution in [1.82, 2.24) is 14.9 Å². The maximum atomic E-state index is 13.0. The maximum absolute atomic E-state index is 13.0. The summed E-state index contributed by atoms with van der Waals surface area (Å²) in [5, 5.41) is 3.05. The van der Waals surface area contributed by atoms with Gasteiger partial charge in [-0.15, -0.1) is 0 Å². The molecule has 1 amide bonds. The Morgan fingerprint density at radius 2 is 1.84 bits per heavy atom. The van der Waals surface area contributed by atoms with Gasteiger partial charge in [0.2, 0.25) is 5.95 Å². The number of amides is 1. The molecule has 158 valence electrons. The van der Waals surface area contributed by atoms with Crippen LogP contribution in [0.25, 0.3) is 11.3 Å². The summed E-state index contributed by atoms with van der Waals surface area (Å²) in [6.45, 7) is 1.48. The highest BCUT2D eigenvalue weighted by Gasteiger charge is 2.42. The van der Waals surface area contributed by atoms with Gasteiger partial charge in [0, 0.05) is 42.9 Å². The van der Waals surface area contributed by atoms with E-state index in [0.29, 0.717) is 11.5 Å². The number of hydrogen-bond donors (Lipinski definition) is 1. The third kappa shape index (κ3) is 3.32. The fraction of sp³-hybridized carbons (Fsp3) is 0.320. The molecule has 0 unspecified atom stereocenters.